The number of methoxy groups -OCH3 is 1. The second-order valence-corrected chi connectivity index (χ2v) is 8.33. The normalized spacial score (nSPS) is 11.7. The van der Waals surface area contributed by atoms with E-state index in [9.17, 15) is 8.42 Å². The Kier molecular flexibility index (Phi) is 5.70. The smallest absolute Gasteiger partial charge is 0.243 e. The minimum absolute atomic E-state index is 0.245. The molecule has 2 aromatic carbocycles. The van der Waals surface area contributed by atoms with Gasteiger partial charge in [-0.25, -0.2) is 8.42 Å². The van der Waals surface area contributed by atoms with Crippen LogP contribution in [0.1, 0.15) is 5.56 Å². The number of halogens is 2. The average Bonchev–Trinajstić information content (AvgIpc) is 2.49. The van der Waals surface area contributed by atoms with Gasteiger partial charge in [0, 0.05) is 18.6 Å². The molecule has 0 unspecified atom stereocenters. The highest BCUT2D eigenvalue weighted by Crippen LogP contribution is 2.26. The summed E-state index contributed by atoms with van der Waals surface area (Å²) in [5.41, 5.74) is 0.874. The van der Waals surface area contributed by atoms with Crippen LogP contribution >= 0.6 is 34.2 Å². The highest BCUT2D eigenvalue weighted by molar-refractivity contribution is 14.1. The molecule has 0 radical (unpaired) electrons. The molecule has 0 N–H and O–H groups in total. The lowest BCUT2D eigenvalue weighted by atomic mass is 10.2. The first-order chi connectivity index (χ1) is 10.3. The first kappa shape index (κ1) is 17.5. The maximum Gasteiger partial charge on any atom is 0.243 e. The highest BCUT2D eigenvalue weighted by atomic mass is 127. The van der Waals surface area contributed by atoms with Crippen LogP contribution < -0.4 is 4.74 Å². The topological polar surface area (TPSA) is 46.6 Å². The van der Waals surface area contributed by atoms with E-state index >= 15 is 0 Å². The zero-order chi connectivity index (χ0) is 16.3. The van der Waals surface area contributed by atoms with Crippen molar-refractivity contribution in [2.75, 3.05) is 14.2 Å². The first-order valence-electron chi connectivity index (χ1n) is 6.39. The third kappa shape index (κ3) is 3.92. The number of hydrogen-bond acceptors (Lipinski definition) is 3. The number of sulfonamides is 1. The molecule has 0 aliphatic carbocycles. The predicted molar refractivity (Wildman–Crippen MR) is 95.8 cm³/mol. The van der Waals surface area contributed by atoms with E-state index in [1.165, 1.54) is 4.31 Å². The van der Waals surface area contributed by atoms with Gasteiger partial charge in [0.1, 0.15) is 5.75 Å². The van der Waals surface area contributed by atoms with Gasteiger partial charge in [-0.1, -0.05) is 23.7 Å². The average molecular weight is 452 g/mol. The Balaban J connectivity index is 2.25. The fourth-order valence-electron chi connectivity index (χ4n) is 1.92. The Hall–Kier alpha value is -0.830. The van der Waals surface area contributed by atoms with Crippen LogP contribution in [0.2, 0.25) is 5.02 Å². The van der Waals surface area contributed by atoms with Gasteiger partial charge < -0.3 is 4.74 Å². The molecule has 4 nitrogen and oxygen atoms in total. The van der Waals surface area contributed by atoms with E-state index in [0.717, 1.165) is 9.13 Å². The van der Waals surface area contributed by atoms with Gasteiger partial charge in [-0.2, -0.15) is 4.31 Å². The van der Waals surface area contributed by atoms with E-state index in [-0.39, 0.29) is 11.4 Å². The fourth-order valence-corrected chi connectivity index (χ4v) is 4.18. The fraction of sp³-hybridized carbons (Fsp3) is 0.200. The van der Waals surface area contributed by atoms with Gasteiger partial charge >= 0.3 is 0 Å². The summed E-state index contributed by atoms with van der Waals surface area (Å²) < 4.78 is 32.4. The lowest BCUT2D eigenvalue weighted by Crippen LogP contribution is -2.26. The molecule has 0 aliphatic heterocycles. The van der Waals surface area contributed by atoms with Crippen molar-refractivity contribution in [1.82, 2.24) is 4.31 Å². The summed E-state index contributed by atoms with van der Waals surface area (Å²) in [5.74, 6) is 0.653. The summed E-state index contributed by atoms with van der Waals surface area (Å²) in [6, 6.07) is 11.9. The molecule has 2 rings (SSSR count). The van der Waals surface area contributed by atoms with Gasteiger partial charge in [-0.15, -0.1) is 0 Å². The van der Waals surface area contributed by atoms with Crippen molar-refractivity contribution in [3.05, 3.63) is 56.6 Å². The third-order valence-electron chi connectivity index (χ3n) is 3.15. The number of ether oxygens (including phenoxy) is 1. The Morgan fingerprint density at radius 1 is 1.18 bits per heavy atom. The zero-order valence-electron chi connectivity index (χ0n) is 12.1. The summed E-state index contributed by atoms with van der Waals surface area (Å²) in [6.07, 6.45) is 0. The lowest BCUT2D eigenvalue weighted by molar-refractivity contribution is 0.411. The van der Waals surface area contributed by atoms with E-state index < -0.39 is 10.0 Å². The molecule has 0 spiro atoms. The van der Waals surface area contributed by atoms with Crippen LogP contribution in [0.25, 0.3) is 0 Å². The zero-order valence-corrected chi connectivity index (χ0v) is 15.8. The molecule has 2 aromatic rings. The lowest BCUT2D eigenvalue weighted by Gasteiger charge is -2.18. The second kappa shape index (κ2) is 7.16. The van der Waals surface area contributed by atoms with E-state index in [0.29, 0.717) is 10.8 Å². The monoisotopic (exact) mass is 451 g/mol. The van der Waals surface area contributed by atoms with E-state index in [1.54, 1.807) is 44.5 Å². The third-order valence-corrected chi connectivity index (χ3v) is 6.04. The van der Waals surface area contributed by atoms with Crippen molar-refractivity contribution in [2.24, 2.45) is 0 Å². The van der Waals surface area contributed by atoms with Crippen LogP contribution in [0.3, 0.4) is 0 Å². The summed E-state index contributed by atoms with van der Waals surface area (Å²) in [7, 11) is -0.444. The molecule has 7 heteroatoms. The number of hydrogen-bond donors (Lipinski definition) is 0. The standard InChI is InChI=1S/C15H15ClINO3S/c1-18(10-11-3-5-12(16)6-4-11)22(19,20)13-7-8-15(21-2)14(17)9-13/h3-9H,10H2,1-2H3. The van der Waals surface area contributed by atoms with Crippen molar-refractivity contribution < 1.29 is 13.2 Å². The Morgan fingerprint density at radius 2 is 1.82 bits per heavy atom. The summed E-state index contributed by atoms with van der Waals surface area (Å²) >= 11 is 7.89. The summed E-state index contributed by atoms with van der Waals surface area (Å²) in [4.78, 5) is 0.245. The van der Waals surface area contributed by atoms with Crippen LogP contribution in [0.5, 0.6) is 5.75 Å². The number of nitrogens with zero attached hydrogens (tertiary/aromatic N) is 1. The maximum absolute atomic E-state index is 12.6. The minimum Gasteiger partial charge on any atom is -0.496 e. The van der Waals surface area contributed by atoms with Crippen molar-refractivity contribution in [3.8, 4) is 5.75 Å². The van der Waals surface area contributed by atoms with Crippen LogP contribution in [0.15, 0.2) is 47.4 Å². The number of rotatable bonds is 5. The van der Waals surface area contributed by atoms with Gasteiger partial charge in [0.2, 0.25) is 10.0 Å². The highest BCUT2D eigenvalue weighted by Gasteiger charge is 2.22. The second-order valence-electron chi connectivity index (χ2n) is 4.68. The van der Waals surface area contributed by atoms with Crippen LogP contribution in [-0.4, -0.2) is 26.9 Å². The summed E-state index contributed by atoms with van der Waals surface area (Å²) in [6.45, 7) is 0.280. The quantitative estimate of drug-likeness (QED) is 0.650. The Morgan fingerprint density at radius 3 is 2.36 bits per heavy atom. The molecule has 0 aromatic heterocycles. The maximum atomic E-state index is 12.6. The van der Waals surface area contributed by atoms with E-state index in [1.807, 2.05) is 12.1 Å². The molecular weight excluding hydrogens is 437 g/mol. The number of benzene rings is 2. The molecule has 0 heterocycles. The predicted octanol–water partition coefficient (Wildman–Crippen LogP) is 3.77. The van der Waals surface area contributed by atoms with Crippen LogP contribution in [-0.2, 0) is 16.6 Å². The Bertz CT molecular complexity index is 763. The van der Waals surface area contributed by atoms with E-state index in [4.69, 9.17) is 16.3 Å². The molecule has 0 bridgehead atoms. The van der Waals surface area contributed by atoms with Crippen molar-refractivity contribution in [3.63, 3.8) is 0 Å². The van der Waals surface area contributed by atoms with Gasteiger partial charge in [0.05, 0.1) is 15.6 Å². The van der Waals surface area contributed by atoms with Gasteiger partial charge in [0.15, 0.2) is 0 Å². The van der Waals surface area contributed by atoms with Crippen LogP contribution in [0.4, 0.5) is 0 Å². The summed E-state index contributed by atoms with van der Waals surface area (Å²) in [5, 5.41) is 0.624. The molecule has 118 valence electrons. The molecule has 22 heavy (non-hydrogen) atoms. The van der Waals surface area contributed by atoms with Gasteiger partial charge in [0.25, 0.3) is 0 Å². The molecule has 0 amide bonds. The molecule has 0 saturated heterocycles. The molecule has 0 aliphatic rings. The largest absolute Gasteiger partial charge is 0.496 e. The van der Waals surface area contributed by atoms with E-state index in [2.05, 4.69) is 22.6 Å². The van der Waals surface area contributed by atoms with Crippen molar-refractivity contribution in [2.45, 2.75) is 11.4 Å². The molecule has 0 fully saturated rings. The van der Waals surface area contributed by atoms with Gasteiger partial charge in [-0.05, 0) is 58.5 Å². The van der Waals surface area contributed by atoms with Crippen molar-refractivity contribution in [1.29, 1.82) is 0 Å². The molecule has 0 atom stereocenters. The van der Waals surface area contributed by atoms with Gasteiger partial charge in [-0.3, -0.25) is 0 Å². The minimum atomic E-state index is -3.55. The molecular formula is C15H15ClINO3S. The SMILES string of the molecule is COc1ccc(S(=O)(=O)N(C)Cc2ccc(Cl)cc2)cc1I. The van der Waals surface area contributed by atoms with Crippen LogP contribution in [0, 0.1) is 3.57 Å². The van der Waals surface area contributed by atoms with Crippen molar-refractivity contribution >= 4 is 44.2 Å². The Labute approximate surface area is 149 Å². The molecule has 0 saturated carbocycles. The first-order valence-corrected chi connectivity index (χ1v) is 9.28.